The maximum atomic E-state index is 12.1. The van der Waals surface area contributed by atoms with Crippen LogP contribution in [0.5, 0.6) is 0 Å². The van der Waals surface area contributed by atoms with Crippen molar-refractivity contribution >= 4 is 17.5 Å². The van der Waals surface area contributed by atoms with Gasteiger partial charge in [0.2, 0.25) is 5.91 Å². The van der Waals surface area contributed by atoms with Crippen molar-refractivity contribution in [3.8, 4) is 0 Å². The zero-order chi connectivity index (χ0) is 17.1. The minimum absolute atomic E-state index is 0.148. The molecule has 3 atom stereocenters. The van der Waals surface area contributed by atoms with E-state index in [1.807, 2.05) is 6.92 Å². The van der Waals surface area contributed by atoms with E-state index < -0.39 is 6.10 Å². The van der Waals surface area contributed by atoms with E-state index in [1.165, 1.54) is 0 Å². The first-order valence-electron chi connectivity index (χ1n) is 8.08. The molecule has 0 bridgehead atoms. The summed E-state index contributed by atoms with van der Waals surface area (Å²) >= 11 is 5.86. The number of aryl methyl sites for hydroxylation is 1. The highest BCUT2D eigenvalue weighted by atomic mass is 35.5. The predicted molar refractivity (Wildman–Crippen MR) is 87.3 cm³/mol. The molecule has 2 heterocycles. The first-order valence-corrected chi connectivity index (χ1v) is 8.45. The third kappa shape index (κ3) is 4.12. The van der Waals surface area contributed by atoms with E-state index in [0.717, 1.165) is 6.54 Å². The summed E-state index contributed by atoms with van der Waals surface area (Å²) < 4.78 is 3.45. The molecule has 8 nitrogen and oxygen atoms in total. The Labute approximate surface area is 144 Å². The minimum Gasteiger partial charge on any atom is -0.391 e. The number of carbonyl (C=O) groups is 1. The van der Waals surface area contributed by atoms with Crippen molar-refractivity contribution in [2.45, 2.75) is 51.4 Å². The molecular weight excluding hydrogens is 332 g/mol. The fourth-order valence-corrected chi connectivity index (χ4v) is 3.28. The van der Waals surface area contributed by atoms with E-state index in [-0.39, 0.29) is 24.3 Å². The Morgan fingerprint density at radius 3 is 2.92 bits per heavy atom. The minimum atomic E-state index is -0.545. The number of aromatic nitrogens is 5. The fourth-order valence-electron chi connectivity index (χ4n) is 3.12. The van der Waals surface area contributed by atoms with E-state index in [4.69, 9.17) is 11.6 Å². The van der Waals surface area contributed by atoms with Crippen LogP contribution in [-0.4, -0.2) is 47.9 Å². The number of hydrogen-bond donors (Lipinski definition) is 2. The third-order valence-corrected chi connectivity index (χ3v) is 4.47. The molecule has 1 amide bonds. The summed E-state index contributed by atoms with van der Waals surface area (Å²) in [5.41, 5.74) is 0.629. The molecule has 0 spiro atoms. The van der Waals surface area contributed by atoms with E-state index in [9.17, 15) is 9.90 Å². The summed E-state index contributed by atoms with van der Waals surface area (Å²) in [5.74, 6) is 0.104. The number of aliphatic hydroxyl groups excluding tert-OH is 1. The second-order valence-corrected chi connectivity index (χ2v) is 6.64. The number of rotatable bonds is 6. The summed E-state index contributed by atoms with van der Waals surface area (Å²) in [5, 5.41) is 25.7. The van der Waals surface area contributed by atoms with Crippen molar-refractivity contribution in [3.05, 3.63) is 29.3 Å². The molecule has 130 valence electrons. The number of hydrogen-bond acceptors (Lipinski definition) is 5. The van der Waals surface area contributed by atoms with Crippen LogP contribution >= 0.6 is 11.6 Å². The van der Waals surface area contributed by atoms with Crippen molar-refractivity contribution in [2.24, 2.45) is 5.92 Å². The van der Waals surface area contributed by atoms with Crippen LogP contribution in [0.3, 0.4) is 0 Å². The molecule has 1 aliphatic carbocycles. The number of aliphatic hydroxyl groups is 1. The molecule has 2 aromatic heterocycles. The van der Waals surface area contributed by atoms with Gasteiger partial charge in [-0.2, -0.15) is 5.10 Å². The molecule has 3 rings (SSSR count). The Hall–Kier alpha value is -1.93. The number of amides is 1. The molecule has 0 aliphatic heterocycles. The van der Waals surface area contributed by atoms with Crippen LogP contribution < -0.4 is 5.32 Å². The topological polar surface area (TPSA) is 97.9 Å². The highest BCUT2D eigenvalue weighted by Crippen LogP contribution is 2.27. The number of nitrogens with zero attached hydrogens (tertiary/aromatic N) is 5. The van der Waals surface area contributed by atoms with Crippen LogP contribution in [-0.2, 0) is 24.3 Å². The average Bonchev–Trinajstić information content (AvgIpc) is 3.22. The van der Waals surface area contributed by atoms with Gasteiger partial charge in [-0.25, -0.2) is 0 Å². The van der Waals surface area contributed by atoms with Gasteiger partial charge < -0.3 is 10.4 Å². The third-order valence-electron chi connectivity index (χ3n) is 4.27. The molecule has 1 fully saturated rings. The monoisotopic (exact) mass is 352 g/mol. The van der Waals surface area contributed by atoms with Gasteiger partial charge in [0.1, 0.15) is 0 Å². The van der Waals surface area contributed by atoms with Crippen molar-refractivity contribution < 1.29 is 9.90 Å². The van der Waals surface area contributed by atoms with Crippen molar-refractivity contribution in [1.82, 2.24) is 30.1 Å². The van der Waals surface area contributed by atoms with Crippen LogP contribution in [0.15, 0.2) is 18.6 Å². The first kappa shape index (κ1) is 16.9. The molecular formula is C15H21ClN6O2. The quantitative estimate of drug-likeness (QED) is 0.795. The van der Waals surface area contributed by atoms with Gasteiger partial charge in [-0.15, -0.1) is 5.10 Å². The van der Waals surface area contributed by atoms with Crippen LogP contribution in [0.4, 0.5) is 0 Å². The Balaban J connectivity index is 1.50. The van der Waals surface area contributed by atoms with Gasteiger partial charge in [-0.3, -0.25) is 14.2 Å². The molecule has 1 saturated carbocycles. The number of halogens is 1. The maximum Gasteiger partial charge on any atom is 0.226 e. The van der Waals surface area contributed by atoms with Crippen LogP contribution in [0.1, 0.15) is 25.5 Å². The normalized spacial score (nSPS) is 23.5. The fraction of sp³-hybridized carbons (Fsp3) is 0.600. The zero-order valence-corrected chi connectivity index (χ0v) is 14.2. The zero-order valence-electron chi connectivity index (χ0n) is 13.5. The summed E-state index contributed by atoms with van der Waals surface area (Å²) in [4.78, 5) is 12.1. The summed E-state index contributed by atoms with van der Waals surface area (Å²) in [6.07, 6.45) is 6.08. The molecule has 1 aliphatic rings. The summed E-state index contributed by atoms with van der Waals surface area (Å²) in [7, 11) is 0. The lowest BCUT2D eigenvalue weighted by Crippen LogP contribution is -2.40. The molecule has 24 heavy (non-hydrogen) atoms. The second kappa shape index (κ2) is 7.31. The van der Waals surface area contributed by atoms with E-state index >= 15 is 0 Å². The highest BCUT2D eigenvalue weighted by Gasteiger charge is 2.34. The lowest BCUT2D eigenvalue weighted by molar-refractivity contribution is -0.121. The predicted octanol–water partition coefficient (Wildman–Crippen LogP) is 0.646. The van der Waals surface area contributed by atoms with Crippen molar-refractivity contribution in [3.63, 3.8) is 0 Å². The van der Waals surface area contributed by atoms with Crippen LogP contribution in [0.2, 0.25) is 5.02 Å². The second-order valence-electron chi connectivity index (χ2n) is 6.20. The Morgan fingerprint density at radius 2 is 2.25 bits per heavy atom. The molecule has 1 unspecified atom stereocenters. The summed E-state index contributed by atoms with van der Waals surface area (Å²) in [6.45, 7) is 3.36. The maximum absolute atomic E-state index is 12.1. The van der Waals surface area contributed by atoms with Crippen LogP contribution in [0, 0.1) is 5.92 Å². The van der Waals surface area contributed by atoms with E-state index in [2.05, 4.69) is 20.7 Å². The van der Waals surface area contributed by atoms with Gasteiger partial charge in [-0.1, -0.05) is 16.8 Å². The molecule has 2 aromatic rings. The highest BCUT2D eigenvalue weighted by molar-refractivity contribution is 6.30. The standard InChI is InChI=1S/C15H21ClN6O2/c1-2-21-9-12(19-20-21)5-15(24)18-13-3-10(4-14(13)23)7-22-8-11(16)6-17-22/h6,8-10,13-14,23H,2-5,7H2,1H3,(H,18,24)/t10?,13-,14-/m1/s1. The number of carbonyl (C=O) groups excluding carboxylic acids is 1. The van der Waals surface area contributed by atoms with Gasteiger partial charge in [0.15, 0.2) is 0 Å². The van der Waals surface area contributed by atoms with Crippen molar-refractivity contribution in [1.29, 1.82) is 0 Å². The molecule has 2 N–H and O–H groups in total. The SMILES string of the molecule is CCn1cc(CC(=O)N[C@@H]2CC(Cn3cc(Cl)cn3)C[C@H]2O)nn1. The van der Waals surface area contributed by atoms with Crippen LogP contribution in [0.25, 0.3) is 0 Å². The Morgan fingerprint density at radius 1 is 1.42 bits per heavy atom. The van der Waals surface area contributed by atoms with Gasteiger partial charge in [0, 0.05) is 25.5 Å². The lowest BCUT2D eigenvalue weighted by Gasteiger charge is -2.16. The Bertz CT molecular complexity index is 700. The largest absolute Gasteiger partial charge is 0.391 e. The van der Waals surface area contributed by atoms with Gasteiger partial charge >= 0.3 is 0 Å². The average molecular weight is 353 g/mol. The van der Waals surface area contributed by atoms with Gasteiger partial charge in [0.25, 0.3) is 0 Å². The Kier molecular flexibility index (Phi) is 5.15. The van der Waals surface area contributed by atoms with E-state index in [1.54, 1.807) is 28.0 Å². The first-order chi connectivity index (χ1) is 11.5. The smallest absolute Gasteiger partial charge is 0.226 e. The van der Waals surface area contributed by atoms with Crippen molar-refractivity contribution in [2.75, 3.05) is 0 Å². The lowest BCUT2D eigenvalue weighted by atomic mass is 10.1. The molecule has 0 aromatic carbocycles. The molecule has 9 heteroatoms. The molecule has 0 saturated heterocycles. The van der Waals surface area contributed by atoms with Gasteiger partial charge in [0.05, 0.1) is 35.5 Å². The molecule has 0 radical (unpaired) electrons. The van der Waals surface area contributed by atoms with Gasteiger partial charge in [-0.05, 0) is 25.7 Å². The summed E-state index contributed by atoms with van der Waals surface area (Å²) in [6, 6.07) is -0.241. The number of nitrogens with one attached hydrogen (secondary N) is 1. The van der Waals surface area contributed by atoms with E-state index in [0.29, 0.717) is 30.1 Å².